The van der Waals surface area contributed by atoms with Crippen LogP contribution in [0.2, 0.25) is 0 Å². The Bertz CT molecular complexity index is 1030. The molecule has 0 aromatic carbocycles. The minimum Gasteiger partial charge on any atom is -0.362 e. The molecule has 4 rings (SSSR count). The number of hydrogen-bond acceptors (Lipinski definition) is 5. The number of nitrogens with zero attached hydrogens (tertiary/aromatic N) is 4. The Labute approximate surface area is 140 Å². The fourth-order valence-corrected chi connectivity index (χ4v) is 4.27. The Morgan fingerprint density at radius 3 is 2.91 bits per heavy atom. The van der Waals surface area contributed by atoms with Crippen molar-refractivity contribution in [3.63, 3.8) is 0 Å². The van der Waals surface area contributed by atoms with Crippen LogP contribution in [0.25, 0.3) is 20.4 Å². The lowest BCUT2D eigenvalue weighted by atomic mass is 10.1. The number of aromatic amines is 1. The van der Waals surface area contributed by atoms with Crippen molar-refractivity contribution in [2.24, 2.45) is 7.05 Å². The molecule has 0 bridgehead atoms. The van der Waals surface area contributed by atoms with Crippen LogP contribution in [0, 0.1) is 20.8 Å². The molecule has 0 amide bonds. The van der Waals surface area contributed by atoms with Crippen molar-refractivity contribution >= 4 is 37.6 Å². The van der Waals surface area contributed by atoms with Gasteiger partial charge < -0.3 is 10.3 Å². The Balaban J connectivity index is 0.00000113. The van der Waals surface area contributed by atoms with Gasteiger partial charge in [0.2, 0.25) is 0 Å². The zero-order chi connectivity index (χ0) is 16.1. The molecule has 0 saturated heterocycles. The van der Waals surface area contributed by atoms with Gasteiger partial charge in [-0.15, -0.1) is 11.3 Å². The minimum atomic E-state index is 0. The fraction of sp³-hybridized carbons (Fsp3) is 0.312. The third kappa shape index (κ3) is 2.19. The zero-order valence-electron chi connectivity index (χ0n) is 13.6. The largest absolute Gasteiger partial charge is 0.362 e. The van der Waals surface area contributed by atoms with Crippen molar-refractivity contribution in [3.05, 3.63) is 35.0 Å². The maximum atomic E-state index is 4.68. The van der Waals surface area contributed by atoms with Crippen molar-refractivity contribution < 1.29 is 2.85 Å². The van der Waals surface area contributed by atoms with E-state index >= 15 is 0 Å². The summed E-state index contributed by atoms with van der Waals surface area (Å²) in [5.74, 6) is 0.893. The van der Waals surface area contributed by atoms with Crippen LogP contribution in [0.3, 0.4) is 0 Å². The van der Waals surface area contributed by atoms with E-state index in [0.29, 0.717) is 6.54 Å². The Kier molecular flexibility index (Phi) is 3.12. The molecule has 7 heteroatoms. The van der Waals surface area contributed by atoms with E-state index in [4.69, 9.17) is 0 Å². The molecule has 0 aliphatic carbocycles. The Hall–Kier alpha value is -2.41. The topological polar surface area (TPSA) is 71.4 Å². The molecule has 0 aliphatic heterocycles. The molecular formula is C16H22N6S. The quantitative estimate of drug-likeness (QED) is 0.597. The first kappa shape index (κ1) is 14.2. The van der Waals surface area contributed by atoms with Gasteiger partial charge in [0.05, 0.1) is 28.8 Å². The van der Waals surface area contributed by atoms with E-state index in [1.54, 1.807) is 17.7 Å². The maximum absolute atomic E-state index is 4.68. The summed E-state index contributed by atoms with van der Waals surface area (Å²) in [5, 5.41) is 9.26. The summed E-state index contributed by atoms with van der Waals surface area (Å²) < 4.78 is 3.09. The maximum Gasteiger partial charge on any atom is 0.166 e. The molecule has 0 radical (unpaired) electrons. The average Bonchev–Trinajstić information content (AvgIpc) is 3.13. The van der Waals surface area contributed by atoms with Crippen LogP contribution in [0.4, 0.5) is 5.82 Å². The summed E-state index contributed by atoms with van der Waals surface area (Å²) in [6.07, 6.45) is 1.72. The van der Waals surface area contributed by atoms with Crippen LogP contribution < -0.4 is 5.32 Å². The van der Waals surface area contributed by atoms with E-state index in [2.05, 4.69) is 38.4 Å². The molecule has 122 valence electrons. The Morgan fingerprint density at radius 2 is 2.17 bits per heavy atom. The van der Waals surface area contributed by atoms with Gasteiger partial charge in [-0.25, -0.2) is 9.97 Å². The molecule has 2 N–H and O–H groups in total. The minimum absolute atomic E-state index is 0. The number of pyridine rings is 1. The van der Waals surface area contributed by atoms with Crippen LogP contribution in [0.5, 0.6) is 0 Å². The third-order valence-electron chi connectivity index (χ3n) is 4.11. The van der Waals surface area contributed by atoms with Crippen LogP contribution in [0.15, 0.2) is 12.4 Å². The molecule has 6 nitrogen and oxygen atoms in total. The lowest BCUT2D eigenvalue weighted by Gasteiger charge is -2.01. The highest BCUT2D eigenvalue weighted by Gasteiger charge is 2.18. The molecule has 4 aromatic heterocycles. The van der Waals surface area contributed by atoms with Crippen molar-refractivity contribution in [1.82, 2.24) is 24.7 Å². The number of aryl methyl sites for hydroxylation is 4. The number of H-pyrrole nitrogens is 1. The smallest absolute Gasteiger partial charge is 0.166 e. The van der Waals surface area contributed by atoms with Gasteiger partial charge >= 0.3 is 0 Å². The van der Waals surface area contributed by atoms with Gasteiger partial charge in [-0.1, -0.05) is 0 Å². The monoisotopic (exact) mass is 330 g/mol. The highest BCUT2D eigenvalue weighted by Crippen LogP contribution is 2.38. The SMILES string of the molecule is Cc1cc(C)c2c(n1)sc1c(NCc3nc[nH]c3C)nn(C)c12.[HH].[HH]. The lowest BCUT2D eigenvalue weighted by Crippen LogP contribution is -2.02. The molecule has 0 atom stereocenters. The predicted molar refractivity (Wildman–Crippen MR) is 98.2 cm³/mol. The number of aromatic nitrogens is 5. The normalized spacial score (nSPS) is 11.7. The van der Waals surface area contributed by atoms with Crippen molar-refractivity contribution in [2.45, 2.75) is 27.3 Å². The number of fused-ring (bicyclic) bond motifs is 3. The highest BCUT2D eigenvalue weighted by atomic mass is 32.1. The van der Waals surface area contributed by atoms with E-state index in [1.807, 2.05) is 25.6 Å². The third-order valence-corrected chi connectivity index (χ3v) is 5.19. The molecule has 0 aliphatic rings. The number of imidazole rings is 1. The number of rotatable bonds is 3. The van der Waals surface area contributed by atoms with Gasteiger partial charge in [0, 0.05) is 26.7 Å². The fourth-order valence-electron chi connectivity index (χ4n) is 2.99. The second-order valence-corrected chi connectivity index (χ2v) is 6.84. The molecule has 0 fully saturated rings. The van der Waals surface area contributed by atoms with Gasteiger partial charge in [-0.05, 0) is 32.4 Å². The van der Waals surface area contributed by atoms with Crippen LogP contribution >= 0.6 is 11.3 Å². The van der Waals surface area contributed by atoms with Gasteiger partial charge in [0.25, 0.3) is 0 Å². The first-order valence-corrected chi connectivity index (χ1v) is 8.32. The van der Waals surface area contributed by atoms with E-state index < -0.39 is 0 Å². The first-order valence-electron chi connectivity index (χ1n) is 7.50. The van der Waals surface area contributed by atoms with Crippen molar-refractivity contribution in [2.75, 3.05) is 5.32 Å². The highest BCUT2D eigenvalue weighted by molar-refractivity contribution is 7.26. The van der Waals surface area contributed by atoms with Crippen LogP contribution in [0.1, 0.15) is 25.5 Å². The molecule has 23 heavy (non-hydrogen) atoms. The summed E-state index contributed by atoms with van der Waals surface area (Å²) in [6, 6.07) is 2.13. The summed E-state index contributed by atoms with van der Waals surface area (Å²) in [7, 11) is 1.98. The number of thiophene rings is 1. The lowest BCUT2D eigenvalue weighted by molar-refractivity contribution is 0.798. The van der Waals surface area contributed by atoms with Crippen molar-refractivity contribution in [3.8, 4) is 0 Å². The van der Waals surface area contributed by atoms with Gasteiger partial charge in [0.1, 0.15) is 4.83 Å². The van der Waals surface area contributed by atoms with E-state index in [0.717, 1.165) is 37.9 Å². The van der Waals surface area contributed by atoms with Crippen LogP contribution in [-0.4, -0.2) is 24.7 Å². The number of hydrogen-bond donors (Lipinski definition) is 2. The van der Waals surface area contributed by atoms with Crippen molar-refractivity contribution in [1.29, 1.82) is 0 Å². The molecule has 0 saturated carbocycles. The summed E-state index contributed by atoms with van der Waals surface area (Å²) in [6.45, 7) is 6.85. The molecule has 4 heterocycles. The molecule has 0 unspecified atom stereocenters. The first-order chi connectivity index (χ1) is 11.0. The predicted octanol–water partition coefficient (Wildman–Crippen LogP) is 3.94. The summed E-state index contributed by atoms with van der Waals surface area (Å²) in [4.78, 5) is 13.2. The molecule has 0 spiro atoms. The Morgan fingerprint density at radius 1 is 1.35 bits per heavy atom. The summed E-state index contributed by atoms with van der Waals surface area (Å²) in [5.41, 5.74) is 5.54. The summed E-state index contributed by atoms with van der Waals surface area (Å²) >= 11 is 1.69. The average molecular weight is 330 g/mol. The molecular weight excluding hydrogens is 308 g/mol. The standard InChI is InChI=1S/C16H18N6S.2H2/c1-8-5-9(2)20-16-12(8)13-14(23-16)15(21-22(13)4)17-6-11-10(3)18-7-19-11;;/h5,7H,6H2,1-4H3,(H,17,21)(H,18,19);2*1H. The number of anilines is 1. The van der Waals surface area contributed by atoms with Gasteiger partial charge in [-0.3, -0.25) is 4.68 Å². The van der Waals surface area contributed by atoms with E-state index in [9.17, 15) is 0 Å². The number of nitrogens with one attached hydrogen (secondary N) is 2. The second kappa shape index (κ2) is 5.06. The van der Waals surface area contributed by atoms with E-state index in [-0.39, 0.29) is 2.85 Å². The van der Waals surface area contributed by atoms with Gasteiger partial charge in [0.15, 0.2) is 5.82 Å². The van der Waals surface area contributed by atoms with E-state index in [1.165, 1.54) is 10.9 Å². The second-order valence-electron chi connectivity index (χ2n) is 5.84. The van der Waals surface area contributed by atoms with Gasteiger partial charge in [-0.2, -0.15) is 5.10 Å². The zero-order valence-corrected chi connectivity index (χ0v) is 14.4. The van der Waals surface area contributed by atoms with Crippen LogP contribution in [-0.2, 0) is 13.6 Å². The molecule has 4 aromatic rings.